The van der Waals surface area contributed by atoms with Gasteiger partial charge in [-0.2, -0.15) is 5.26 Å². The topological polar surface area (TPSA) is 99.5 Å². The molecule has 27 heavy (non-hydrogen) atoms. The summed E-state index contributed by atoms with van der Waals surface area (Å²) >= 11 is 0. The summed E-state index contributed by atoms with van der Waals surface area (Å²) in [4.78, 5) is 14.3. The van der Waals surface area contributed by atoms with Gasteiger partial charge in [0.15, 0.2) is 9.84 Å². The van der Waals surface area contributed by atoms with E-state index >= 15 is 0 Å². The summed E-state index contributed by atoms with van der Waals surface area (Å²) < 4.78 is 28.7. The highest BCUT2D eigenvalue weighted by atomic mass is 32.2. The first kappa shape index (κ1) is 20.9. The summed E-state index contributed by atoms with van der Waals surface area (Å²) in [6.07, 6.45) is 1.92. The van der Waals surface area contributed by atoms with Crippen molar-refractivity contribution in [3.05, 3.63) is 41.1 Å². The lowest BCUT2D eigenvalue weighted by Gasteiger charge is -2.26. The lowest BCUT2D eigenvalue weighted by Crippen LogP contribution is -2.35. The Morgan fingerprint density at radius 3 is 2.78 bits per heavy atom. The highest BCUT2D eigenvalue weighted by Gasteiger charge is 2.31. The van der Waals surface area contributed by atoms with E-state index in [0.29, 0.717) is 25.3 Å². The van der Waals surface area contributed by atoms with Crippen molar-refractivity contribution in [3.8, 4) is 6.07 Å². The molecular formula is C19H25N3O4S. The van der Waals surface area contributed by atoms with Crippen LogP contribution in [0.2, 0.25) is 0 Å². The van der Waals surface area contributed by atoms with Crippen molar-refractivity contribution < 1.29 is 17.9 Å². The quantitative estimate of drug-likeness (QED) is 0.562. The largest absolute Gasteiger partial charge is 0.383 e. The Labute approximate surface area is 160 Å². The van der Waals surface area contributed by atoms with Gasteiger partial charge in [-0.1, -0.05) is 12.1 Å². The fraction of sp³-hybridized carbons (Fsp3) is 0.474. The minimum absolute atomic E-state index is 0.0184. The van der Waals surface area contributed by atoms with Gasteiger partial charge in [0, 0.05) is 31.6 Å². The molecule has 1 saturated heterocycles. The summed E-state index contributed by atoms with van der Waals surface area (Å²) in [5, 5.41) is 12.2. The third-order valence-electron chi connectivity index (χ3n) is 4.74. The van der Waals surface area contributed by atoms with E-state index in [1.165, 1.54) is 6.20 Å². The molecule has 0 radical (unpaired) electrons. The number of ether oxygens (including phenoxy) is 1. The zero-order valence-corrected chi connectivity index (χ0v) is 16.7. The van der Waals surface area contributed by atoms with Crippen LogP contribution in [0.15, 0.2) is 30.0 Å². The van der Waals surface area contributed by atoms with Crippen molar-refractivity contribution in [2.24, 2.45) is 0 Å². The van der Waals surface area contributed by atoms with Gasteiger partial charge >= 0.3 is 0 Å². The normalized spacial score (nSPS) is 18.7. The zero-order chi connectivity index (χ0) is 20.0. The molecule has 0 bridgehead atoms. The molecule has 146 valence electrons. The van der Waals surface area contributed by atoms with Gasteiger partial charge in [-0.25, -0.2) is 8.42 Å². The van der Waals surface area contributed by atoms with Gasteiger partial charge in [0.25, 0.3) is 5.91 Å². The number of aryl methyl sites for hydroxylation is 1. The molecule has 1 unspecified atom stereocenters. The van der Waals surface area contributed by atoms with Gasteiger partial charge < -0.3 is 15.0 Å². The fourth-order valence-corrected chi connectivity index (χ4v) is 4.71. The van der Waals surface area contributed by atoms with E-state index in [9.17, 15) is 18.5 Å². The van der Waals surface area contributed by atoms with Crippen LogP contribution in [0.5, 0.6) is 0 Å². The number of hydrogen-bond acceptors (Lipinski definition) is 6. The SMILES string of the molecule is COCCN(/C=C(/C#N)C(=O)Nc1cccc(C)c1C)C1CCS(=O)(=O)C1. The van der Waals surface area contributed by atoms with Crippen LogP contribution in [0.4, 0.5) is 5.69 Å². The van der Waals surface area contributed by atoms with Crippen LogP contribution in [0.1, 0.15) is 17.5 Å². The number of nitrogens with zero attached hydrogens (tertiary/aromatic N) is 2. The molecule has 0 saturated carbocycles. The number of amides is 1. The Morgan fingerprint density at radius 2 is 2.19 bits per heavy atom. The van der Waals surface area contributed by atoms with Crippen molar-refractivity contribution in [2.45, 2.75) is 26.3 Å². The highest BCUT2D eigenvalue weighted by Crippen LogP contribution is 2.21. The summed E-state index contributed by atoms with van der Waals surface area (Å²) in [6, 6.07) is 7.22. The summed E-state index contributed by atoms with van der Waals surface area (Å²) in [5.74, 6) is -0.384. The highest BCUT2D eigenvalue weighted by molar-refractivity contribution is 7.91. The molecule has 2 rings (SSSR count). The molecule has 1 fully saturated rings. The molecule has 1 aromatic rings. The first-order valence-corrected chi connectivity index (χ1v) is 10.5. The van der Waals surface area contributed by atoms with E-state index in [-0.39, 0.29) is 23.1 Å². The molecule has 1 aliphatic heterocycles. The van der Waals surface area contributed by atoms with Crippen molar-refractivity contribution in [3.63, 3.8) is 0 Å². The van der Waals surface area contributed by atoms with Crippen LogP contribution in [0.25, 0.3) is 0 Å². The molecule has 1 heterocycles. The molecule has 0 aliphatic carbocycles. The van der Waals surface area contributed by atoms with Crippen LogP contribution in [-0.2, 0) is 19.4 Å². The van der Waals surface area contributed by atoms with Crippen LogP contribution in [0, 0.1) is 25.2 Å². The van der Waals surface area contributed by atoms with Gasteiger partial charge in [0.05, 0.1) is 18.1 Å². The maximum atomic E-state index is 12.6. The molecule has 7 nitrogen and oxygen atoms in total. The summed E-state index contributed by atoms with van der Waals surface area (Å²) in [6.45, 7) is 4.61. The Kier molecular flexibility index (Phi) is 6.99. The first-order valence-electron chi connectivity index (χ1n) is 8.72. The summed E-state index contributed by atoms with van der Waals surface area (Å²) in [7, 11) is -1.54. The van der Waals surface area contributed by atoms with E-state index in [4.69, 9.17) is 4.74 Å². The lowest BCUT2D eigenvalue weighted by molar-refractivity contribution is -0.112. The number of sulfone groups is 1. The average molecular weight is 391 g/mol. The van der Waals surface area contributed by atoms with E-state index in [2.05, 4.69) is 5.32 Å². The predicted octanol–water partition coefficient (Wildman–Crippen LogP) is 1.78. The number of hydrogen-bond donors (Lipinski definition) is 1. The van der Waals surface area contributed by atoms with E-state index in [1.54, 1.807) is 18.1 Å². The van der Waals surface area contributed by atoms with Crippen molar-refractivity contribution in [2.75, 3.05) is 37.1 Å². The third-order valence-corrected chi connectivity index (χ3v) is 6.49. The van der Waals surface area contributed by atoms with Crippen LogP contribution in [0.3, 0.4) is 0 Å². The Balaban J connectivity index is 2.22. The molecule has 0 aromatic heterocycles. The Morgan fingerprint density at radius 1 is 1.44 bits per heavy atom. The van der Waals surface area contributed by atoms with Crippen LogP contribution < -0.4 is 5.32 Å². The predicted molar refractivity (Wildman–Crippen MR) is 104 cm³/mol. The van der Waals surface area contributed by atoms with Crippen molar-refractivity contribution in [1.82, 2.24) is 4.90 Å². The maximum absolute atomic E-state index is 12.6. The van der Waals surface area contributed by atoms with E-state index < -0.39 is 15.7 Å². The van der Waals surface area contributed by atoms with Gasteiger partial charge in [0.1, 0.15) is 11.6 Å². The van der Waals surface area contributed by atoms with Gasteiger partial charge in [-0.05, 0) is 37.5 Å². The molecule has 1 atom stereocenters. The second kappa shape index (κ2) is 9.02. The number of anilines is 1. The Hall–Kier alpha value is -2.37. The van der Waals surface area contributed by atoms with Crippen LogP contribution >= 0.6 is 0 Å². The number of nitrogens with one attached hydrogen (secondary N) is 1. The maximum Gasteiger partial charge on any atom is 0.267 e. The van der Waals surface area contributed by atoms with E-state index in [0.717, 1.165) is 11.1 Å². The molecule has 1 N–H and O–H groups in total. The zero-order valence-electron chi connectivity index (χ0n) is 15.9. The van der Waals surface area contributed by atoms with Crippen LogP contribution in [-0.4, -0.2) is 57.0 Å². The van der Waals surface area contributed by atoms with Gasteiger partial charge in [-0.15, -0.1) is 0 Å². The number of rotatable bonds is 7. The van der Waals surface area contributed by atoms with Gasteiger partial charge in [0.2, 0.25) is 0 Å². The molecule has 1 amide bonds. The second-order valence-electron chi connectivity index (χ2n) is 6.64. The Bertz CT molecular complexity index is 871. The number of benzene rings is 1. The van der Waals surface area contributed by atoms with E-state index in [1.807, 2.05) is 32.0 Å². The fourth-order valence-electron chi connectivity index (χ4n) is 2.97. The van der Waals surface area contributed by atoms with Crippen molar-refractivity contribution in [1.29, 1.82) is 5.26 Å². The monoisotopic (exact) mass is 391 g/mol. The number of carbonyl (C=O) groups excluding carboxylic acids is 1. The summed E-state index contributed by atoms with van der Waals surface area (Å²) in [5.41, 5.74) is 2.54. The first-order chi connectivity index (χ1) is 12.8. The number of nitriles is 1. The molecule has 1 aliphatic rings. The van der Waals surface area contributed by atoms with Gasteiger partial charge in [-0.3, -0.25) is 4.79 Å². The minimum atomic E-state index is -3.08. The minimum Gasteiger partial charge on any atom is -0.383 e. The smallest absolute Gasteiger partial charge is 0.267 e. The third kappa shape index (κ3) is 5.55. The van der Waals surface area contributed by atoms with Crippen molar-refractivity contribution >= 4 is 21.4 Å². The second-order valence-corrected chi connectivity index (χ2v) is 8.87. The standard InChI is InChI=1S/C19H25N3O4S/c1-14-5-4-6-18(15(14)2)21-19(23)16(11-20)12-22(8-9-26-3)17-7-10-27(24,25)13-17/h4-6,12,17H,7-10,13H2,1-3H3,(H,21,23)/b16-12-. The average Bonchev–Trinajstić information content (AvgIpc) is 2.99. The molecule has 8 heteroatoms. The lowest BCUT2D eigenvalue weighted by atomic mass is 10.1. The number of carbonyl (C=O) groups is 1. The molecular weight excluding hydrogens is 366 g/mol. The molecule has 1 aromatic carbocycles. The molecule has 0 spiro atoms. The number of methoxy groups -OCH3 is 1.